The highest BCUT2D eigenvalue weighted by Gasteiger charge is 2.29. The number of nitrogens with zero attached hydrogens (tertiary/aromatic N) is 2. The maximum absolute atomic E-state index is 10.5. The average Bonchev–Trinajstić information content (AvgIpc) is 3.03. The fraction of sp³-hybridized carbons (Fsp3) is 0.688. The van der Waals surface area contributed by atoms with Crippen LogP contribution in [0.5, 0.6) is 0 Å². The molecule has 22 heavy (non-hydrogen) atoms. The highest BCUT2D eigenvalue weighted by Crippen LogP contribution is 2.25. The number of nitrogens with one attached hydrogen (secondary N) is 1. The van der Waals surface area contributed by atoms with E-state index < -0.39 is 5.60 Å². The molecule has 0 bridgehead atoms. The van der Waals surface area contributed by atoms with Gasteiger partial charge in [0.25, 0.3) is 0 Å². The summed E-state index contributed by atoms with van der Waals surface area (Å²) in [7, 11) is 1.79. The number of aliphatic hydroxyl groups is 1. The molecule has 0 radical (unpaired) electrons. The quantitative estimate of drug-likeness (QED) is 0.656. The van der Waals surface area contributed by atoms with Crippen LogP contribution in [0, 0.1) is 5.92 Å². The molecule has 2 unspecified atom stereocenters. The molecule has 1 aliphatic heterocycles. The zero-order chi connectivity index (χ0) is 16.2. The second kappa shape index (κ2) is 7.42. The molecule has 0 aliphatic carbocycles. The Morgan fingerprint density at radius 1 is 1.64 bits per heavy atom. The van der Waals surface area contributed by atoms with Crippen molar-refractivity contribution in [2.45, 2.75) is 31.6 Å². The molecule has 2 rings (SSSR count). The Kier molecular flexibility index (Phi) is 5.81. The molecule has 1 saturated heterocycles. The molecule has 2 N–H and O–H groups in total. The van der Waals surface area contributed by atoms with Gasteiger partial charge in [-0.05, 0) is 25.0 Å². The molecule has 1 aliphatic rings. The topological polar surface area (TPSA) is 61.0 Å². The largest absolute Gasteiger partial charge is 0.466 e. The Balaban J connectivity index is 1.95. The lowest BCUT2D eigenvalue weighted by atomic mass is 10.0. The Labute approximate surface area is 137 Å². The summed E-state index contributed by atoms with van der Waals surface area (Å²) in [6.07, 6.45) is 1.58. The highest BCUT2D eigenvalue weighted by molar-refractivity contribution is 8.00. The Morgan fingerprint density at radius 3 is 3.00 bits per heavy atom. The van der Waals surface area contributed by atoms with Crippen molar-refractivity contribution in [3.63, 3.8) is 0 Å². The molecular formula is C16H27N3O2S. The molecular weight excluding hydrogens is 298 g/mol. The lowest BCUT2D eigenvalue weighted by Crippen LogP contribution is -2.51. The summed E-state index contributed by atoms with van der Waals surface area (Å²) in [6, 6.07) is 3.57. The van der Waals surface area contributed by atoms with Crippen LogP contribution >= 0.6 is 11.8 Å². The van der Waals surface area contributed by atoms with Crippen molar-refractivity contribution in [1.82, 2.24) is 10.2 Å². The molecule has 1 aromatic heterocycles. The molecule has 6 heteroatoms. The van der Waals surface area contributed by atoms with E-state index in [0.717, 1.165) is 24.8 Å². The maximum Gasteiger partial charge on any atom is 0.193 e. The van der Waals surface area contributed by atoms with Crippen LogP contribution in [-0.2, 0) is 5.60 Å². The van der Waals surface area contributed by atoms with Crippen molar-refractivity contribution in [2.24, 2.45) is 10.9 Å². The van der Waals surface area contributed by atoms with Crippen molar-refractivity contribution in [3.8, 4) is 0 Å². The van der Waals surface area contributed by atoms with E-state index in [0.29, 0.717) is 23.5 Å². The number of thioether (sulfide) groups is 1. The zero-order valence-electron chi connectivity index (χ0n) is 13.9. The molecule has 2 atom stereocenters. The van der Waals surface area contributed by atoms with Crippen LogP contribution in [0.15, 0.2) is 27.8 Å². The van der Waals surface area contributed by atoms with Crippen LogP contribution in [-0.4, -0.2) is 53.7 Å². The van der Waals surface area contributed by atoms with E-state index in [4.69, 9.17) is 4.42 Å². The van der Waals surface area contributed by atoms with Gasteiger partial charge in [-0.25, -0.2) is 0 Å². The van der Waals surface area contributed by atoms with Crippen molar-refractivity contribution in [2.75, 3.05) is 32.4 Å². The van der Waals surface area contributed by atoms with Crippen LogP contribution in [0.1, 0.15) is 26.5 Å². The zero-order valence-corrected chi connectivity index (χ0v) is 14.7. The Morgan fingerprint density at radius 2 is 2.41 bits per heavy atom. The minimum absolute atomic E-state index is 0.364. The molecule has 5 nitrogen and oxygen atoms in total. The summed E-state index contributed by atoms with van der Waals surface area (Å²) in [6.45, 7) is 8.61. The van der Waals surface area contributed by atoms with E-state index in [-0.39, 0.29) is 0 Å². The summed E-state index contributed by atoms with van der Waals surface area (Å²) in [5.41, 5.74) is -1.05. The first-order valence-corrected chi connectivity index (χ1v) is 8.82. The third kappa shape index (κ3) is 4.20. The summed E-state index contributed by atoms with van der Waals surface area (Å²) < 4.78 is 5.31. The number of hydrogen-bond acceptors (Lipinski definition) is 4. The maximum atomic E-state index is 10.5. The van der Waals surface area contributed by atoms with Crippen LogP contribution in [0.25, 0.3) is 0 Å². The fourth-order valence-corrected chi connectivity index (χ4v) is 3.83. The van der Waals surface area contributed by atoms with Gasteiger partial charge in [-0.2, -0.15) is 11.8 Å². The second-order valence-electron chi connectivity index (χ2n) is 6.25. The SMILES string of the molecule is CN=C(NCC(C)(O)c1ccco1)N1CCSC(C(C)C)C1. The van der Waals surface area contributed by atoms with Crippen molar-refractivity contribution >= 4 is 17.7 Å². The van der Waals surface area contributed by atoms with Crippen molar-refractivity contribution in [1.29, 1.82) is 0 Å². The normalized spacial score (nSPS) is 22.7. The minimum Gasteiger partial charge on any atom is -0.466 e. The smallest absolute Gasteiger partial charge is 0.193 e. The second-order valence-corrected chi connectivity index (χ2v) is 7.60. The number of hydrogen-bond donors (Lipinski definition) is 2. The van der Waals surface area contributed by atoms with E-state index >= 15 is 0 Å². The van der Waals surface area contributed by atoms with E-state index in [2.05, 4.69) is 29.1 Å². The van der Waals surface area contributed by atoms with Gasteiger partial charge in [0, 0.05) is 31.1 Å². The molecule has 0 amide bonds. The number of aliphatic imine (C=N–C) groups is 1. The van der Waals surface area contributed by atoms with Gasteiger partial charge < -0.3 is 19.7 Å². The van der Waals surface area contributed by atoms with Gasteiger partial charge in [-0.3, -0.25) is 4.99 Å². The standard InChI is InChI=1S/C16H27N3O2S/c1-12(2)13-10-19(7-9-22-13)15(17-4)18-11-16(3,20)14-6-5-8-21-14/h5-6,8,12-13,20H,7,9-11H2,1-4H3,(H,17,18). The molecule has 2 heterocycles. The Hall–Kier alpha value is -1.14. The Bertz CT molecular complexity index is 486. The summed E-state index contributed by atoms with van der Waals surface area (Å²) in [4.78, 5) is 6.65. The number of guanidine groups is 1. The summed E-state index contributed by atoms with van der Waals surface area (Å²) >= 11 is 2.04. The molecule has 1 aromatic rings. The third-order valence-corrected chi connectivity index (χ3v) is 5.53. The van der Waals surface area contributed by atoms with Crippen LogP contribution < -0.4 is 5.32 Å². The van der Waals surface area contributed by atoms with Crippen LogP contribution in [0.3, 0.4) is 0 Å². The van der Waals surface area contributed by atoms with E-state index in [1.54, 1.807) is 32.4 Å². The van der Waals surface area contributed by atoms with Gasteiger partial charge in [0.1, 0.15) is 11.4 Å². The number of rotatable bonds is 4. The first kappa shape index (κ1) is 17.2. The summed E-state index contributed by atoms with van der Waals surface area (Å²) in [5, 5.41) is 14.4. The first-order chi connectivity index (χ1) is 10.4. The predicted octanol–water partition coefficient (Wildman–Crippen LogP) is 2.14. The fourth-order valence-electron chi connectivity index (χ4n) is 2.53. The molecule has 0 spiro atoms. The lowest BCUT2D eigenvalue weighted by molar-refractivity contribution is 0.0380. The summed E-state index contributed by atoms with van der Waals surface area (Å²) in [5.74, 6) is 3.16. The molecule has 124 valence electrons. The van der Waals surface area contributed by atoms with Gasteiger partial charge in [0.15, 0.2) is 5.96 Å². The van der Waals surface area contributed by atoms with Gasteiger partial charge in [0.2, 0.25) is 0 Å². The van der Waals surface area contributed by atoms with Gasteiger partial charge in [-0.1, -0.05) is 13.8 Å². The first-order valence-electron chi connectivity index (χ1n) is 7.77. The van der Waals surface area contributed by atoms with Crippen LogP contribution in [0.2, 0.25) is 0 Å². The third-order valence-electron chi connectivity index (χ3n) is 3.99. The predicted molar refractivity (Wildman–Crippen MR) is 92.3 cm³/mol. The highest BCUT2D eigenvalue weighted by atomic mass is 32.2. The van der Waals surface area contributed by atoms with Gasteiger partial charge in [0.05, 0.1) is 12.8 Å². The van der Waals surface area contributed by atoms with E-state index in [1.165, 1.54) is 0 Å². The average molecular weight is 325 g/mol. The van der Waals surface area contributed by atoms with Crippen LogP contribution in [0.4, 0.5) is 0 Å². The molecule has 0 saturated carbocycles. The minimum atomic E-state index is -1.05. The van der Waals surface area contributed by atoms with Gasteiger partial charge >= 0.3 is 0 Å². The van der Waals surface area contributed by atoms with E-state index in [1.807, 2.05) is 11.8 Å². The van der Waals surface area contributed by atoms with Crippen molar-refractivity contribution < 1.29 is 9.52 Å². The van der Waals surface area contributed by atoms with Crippen molar-refractivity contribution in [3.05, 3.63) is 24.2 Å². The number of furan rings is 1. The van der Waals surface area contributed by atoms with Gasteiger partial charge in [-0.15, -0.1) is 0 Å². The lowest BCUT2D eigenvalue weighted by Gasteiger charge is -2.37. The molecule has 0 aromatic carbocycles. The molecule has 1 fully saturated rings. The monoisotopic (exact) mass is 325 g/mol. The van der Waals surface area contributed by atoms with E-state index in [9.17, 15) is 5.11 Å².